The van der Waals surface area contributed by atoms with E-state index < -0.39 is 0 Å². The van der Waals surface area contributed by atoms with Gasteiger partial charge in [0.1, 0.15) is 0 Å². The highest BCUT2D eigenvalue weighted by atomic mass is 32.1. The fraction of sp³-hybridized carbons (Fsp3) is 0.300. The number of aryl methyl sites for hydroxylation is 2. The van der Waals surface area contributed by atoms with Crippen molar-refractivity contribution in [1.82, 2.24) is 0 Å². The Balaban J connectivity index is 3.13. The zero-order chi connectivity index (χ0) is 9.14. The molecule has 2 heteroatoms. The standard InChI is InChI=1S/C10H12OS/c1-7-3-4-8(2)9(5-7)10(11)6-12/h3-5,12H,6H2,1-2H3. The van der Waals surface area contributed by atoms with E-state index in [0.29, 0.717) is 0 Å². The summed E-state index contributed by atoms with van der Waals surface area (Å²) in [5.41, 5.74) is 2.94. The summed E-state index contributed by atoms with van der Waals surface area (Å²) in [5, 5.41) is 0. The van der Waals surface area contributed by atoms with Crippen LogP contribution in [0.4, 0.5) is 0 Å². The maximum absolute atomic E-state index is 11.3. The molecule has 0 aliphatic carbocycles. The Morgan fingerprint density at radius 2 is 2.08 bits per heavy atom. The van der Waals surface area contributed by atoms with Crippen molar-refractivity contribution in [3.8, 4) is 0 Å². The number of hydrogen-bond acceptors (Lipinski definition) is 2. The van der Waals surface area contributed by atoms with Crippen molar-refractivity contribution in [3.05, 3.63) is 34.9 Å². The minimum absolute atomic E-state index is 0.0968. The van der Waals surface area contributed by atoms with Crippen molar-refractivity contribution in [3.63, 3.8) is 0 Å². The minimum atomic E-state index is 0.0968. The average Bonchev–Trinajstić information content (AvgIpc) is 2.08. The van der Waals surface area contributed by atoms with Gasteiger partial charge in [-0.25, -0.2) is 0 Å². The average molecular weight is 180 g/mol. The van der Waals surface area contributed by atoms with Crippen LogP contribution in [-0.2, 0) is 0 Å². The van der Waals surface area contributed by atoms with Gasteiger partial charge >= 0.3 is 0 Å². The summed E-state index contributed by atoms with van der Waals surface area (Å²) in [6.07, 6.45) is 0. The molecule has 1 aromatic carbocycles. The molecule has 0 aromatic heterocycles. The number of rotatable bonds is 2. The lowest BCUT2D eigenvalue weighted by Crippen LogP contribution is -2.03. The van der Waals surface area contributed by atoms with Crippen molar-refractivity contribution in [1.29, 1.82) is 0 Å². The Bertz CT molecular complexity index is 305. The Hall–Kier alpha value is -0.760. The molecule has 0 spiro atoms. The third-order valence-electron chi connectivity index (χ3n) is 1.84. The van der Waals surface area contributed by atoms with E-state index in [9.17, 15) is 4.79 Å². The summed E-state index contributed by atoms with van der Waals surface area (Å²) in [6.45, 7) is 3.92. The molecule has 0 amide bonds. The van der Waals surface area contributed by atoms with E-state index in [4.69, 9.17) is 0 Å². The molecule has 1 rings (SSSR count). The van der Waals surface area contributed by atoms with E-state index in [1.54, 1.807) is 0 Å². The molecule has 0 fully saturated rings. The third-order valence-corrected chi connectivity index (χ3v) is 2.12. The van der Waals surface area contributed by atoms with Crippen LogP contribution in [0, 0.1) is 13.8 Å². The molecule has 0 aliphatic heterocycles. The smallest absolute Gasteiger partial charge is 0.172 e. The van der Waals surface area contributed by atoms with Gasteiger partial charge in [0.15, 0.2) is 5.78 Å². The summed E-state index contributed by atoms with van der Waals surface area (Å²) in [7, 11) is 0. The second-order valence-corrected chi connectivity index (χ2v) is 3.22. The highest BCUT2D eigenvalue weighted by Gasteiger charge is 2.06. The number of carbonyl (C=O) groups excluding carboxylic acids is 1. The molecule has 0 aliphatic rings. The highest BCUT2D eigenvalue weighted by molar-refractivity contribution is 7.81. The van der Waals surface area contributed by atoms with E-state index in [-0.39, 0.29) is 11.5 Å². The van der Waals surface area contributed by atoms with Crippen molar-refractivity contribution in [2.45, 2.75) is 13.8 Å². The van der Waals surface area contributed by atoms with E-state index >= 15 is 0 Å². The van der Waals surface area contributed by atoms with Gasteiger partial charge in [0.05, 0.1) is 5.75 Å². The SMILES string of the molecule is Cc1ccc(C)c(C(=O)CS)c1. The summed E-state index contributed by atoms with van der Waals surface area (Å²) in [4.78, 5) is 11.3. The van der Waals surface area contributed by atoms with Crippen LogP contribution in [0.3, 0.4) is 0 Å². The van der Waals surface area contributed by atoms with Crippen LogP contribution in [0.15, 0.2) is 18.2 Å². The van der Waals surface area contributed by atoms with Crippen LogP contribution in [0.5, 0.6) is 0 Å². The van der Waals surface area contributed by atoms with Crippen LogP contribution in [-0.4, -0.2) is 11.5 Å². The molecule has 0 saturated carbocycles. The number of carbonyl (C=O) groups is 1. The fourth-order valence-corrected chi connectivity index (χ4v) is 1.29. The Labute approximate surface area is 78.2 Å². The summed E-state index contributed by atoms with van der Waals surface area (Å²) >= 11 is 3.96. The fourth-order valence-electron chi connectivity index (χ4n) is 1.12. The van der Waals surface area contributed by atoms with Crippen LogP contribution in [0.2, 0.25) is 0 Å². The Morgan fingerprint density at radius 1 is 1.42 bits per heavy atom. The summed E-state index contributed by atoms with van der Waals surface area (Å²) in [6, 6.07) is 5.88. The van der Waals surface area contributed by atoms with Gasteiger partial charge in [-0.05, 0) is 25.5 Å². The normalized spacial score (nSPS) is 9.92. The van der Waals surface area contributed by atoms with Gasteiger partial charge in [-0.2, -0.15) is 12.6 Å². The minimum Gasteiger partial charge on any atom is -0.293 e. The first-order valence-electron chi connectivity index (χ1n) is 3.86. The molecule has 0 unspecified atom stereocenters. The van der Waals surface area contributed by atoms with E-state index in [2.05, 4.69) is 12.6 Å². The molecule has 64 valence electrons. The molecule has 0 bridgehead atoms. The van der Waals surface area contributed by atoms with Crippen LogP contribution in [0.1, 0.15) is 21.5 Å². The number of ketones is 1. The number of Topliss-reactive ketones (excluding diaryl/α,β-unsaturated/α-hetero) is 1. The summed E-state index contributed by atoms with van der Waals surface area (Å²) in [5.74, 6) is 0.379. The molecular formula is C10H12OS. The van der Waals surface area contributed by atoms with E-state index in [1.807, 2.05) is 32.0 Å². The van der Waals surface area contributed by atoms with Crippen molar-refractivity contribution in [2.75, 3.05) is 5.75 Å². The zero-order valence-corrected chi connectivity index (χ0v) is 8.19. The van der Waals surface area contributed by atoms with Crippen LogP contribution >= 0.6 is 12.6 Å². The topological polar surface area (TPSA) is 17.1 Å². The molecular weight excluding hydrogens is 168 g/mol. The molecule has 0 atom stereocenters. The van der Waals surface area contributed by atoms with Crippen molar-refractivity contribution in [2.24, 2.45) is 0 Å². The largest absolute Gasteiger partial charge is 0.293 e. The van der Waals surface area contributed by atoms with Gasteiger partial charge in [-0.3, -0.25) is 4.79 Å². The maximum Gasteiger partial charge on any atom is 0.172 e. The van der Waals surface area contributed by atoms with Gasteiger partial charge in [0.25, 0.3) is 0 Å². The zero-order valence-electron chi connectivity index (χ0n) is 7.29. The van der Waals surface area contributed by atoms with Gasteiger partial charge in [-0.1, -0.05) is 17.7 Å². The second-order valence-electron chi connectivity index (χ2n) is 2.90. The molecule has 0 radical (unpaired) electrons. The monoisotopic (exact) mass is 180 g/mol. The number of hydrogen-bond donors (Lipinski definition) is 1. The first-order valence-corrected chi connectivity index (χ1v) is 4.49. The predicted molar refractivity (Wildman–Crippen MR) is 54.1 cm³/mol. The van der Waals surface area contributed by atoms with Gasteiger partial charge < -0.3 is 0 Å². The van der Waals surface area contributed by atoms with Crippen LogP contribution in [0.25, 0.3) is 0 Å². The number of thiol groups is 1. The van der Waals surface area contributed by atoms with Gasteiger partial charge in [0, 0.05) is 5.56 Å². The molecule has 1 nitrogen and oxygen atoms in total. The Morgan fingerprint density at radius 3 is 2.67 bits per heavy atom. The lowest BCUT2D eigenvalue weighted by molar-refractivity contribution is 0.102. The maximum atomic E-state index is 11.3. The van der Waals surface area contributed by atoms with Gasteiger partial charge in [-0.15, -0.1) is 0 Å². The van der Waals surface area contributed by atoms with Crippen molar-refractivity contribution < 1.29 is 4.79 Å². The second kappa shape index (κ2) is 3.76. The molecule has 0 N–H and O–H groups in total. The summed E-state index contributed by atoms with van der Waals surface area (Å²) < 4.78 is 0. The predicted octanol–water partition coefficient (Wildman–Crippen LogP) is 2.42. The quantitative estimate of drug-likeness (QED) is 0.546. The number of benzene rings is 1. The first kappa shape index (κ1) is 9.33. The lowest BCUT2D eigenvalue weighted by atomic mass is 10.0. The van der Waals surface area contributed by atoms with Gasteiger partial charge in [0.2, 0.25) is 0 Å². The lowest BCUT2D eigenvalue weighted by Gasteiger charge is -2.03. The molecule has 12 heavy (non-hydrogen) atoms. The Kier molecular flexibility index (Phi) is 2.93. The highest BCUT2D eigenvalue weighted by Crippen LogP contribution is 2.11. The van der Waals surface area contributed by atoms with E-state index in [0.717, 1.165) is 16.7 Å². The molecule has 1 aromatic rings. The first-order chi connectivity index (χ1) is 5.65. The molecule has 0 saturated heterocycles. The van der Waals surface area contributed by atoms with Crippen molar-refractivity contribution >= 4 is 18.4 Å². The molecule has 0 heterocycles. The van der Waals surface area contributed by atoms with Crippen LogP contribution < -0.4 is 0 Å². The van der Waals surface area contributed by atoms with E-state index in [1.165, 1.54) is 0 Å². The third kappa shape index (κ3) is 1.89.